The van der Waals surface area contributed by atoms with Crippen molar-refractivity contribution in [3.8, 4) is 32.4 Å². The normalized spacial score (nSPS) is 10.8. The number of carbonyl (C=O) groups is 2. The molecule has 2 aromatic carbocycles. The SMILES string of the molecule is C.C.CC.CC.CC.CC.CC#[C][Sn]([CH2]CCC)([CH2]CCC)[CH2]CCC.CCN=[N+]=[N-].CCn1nnc(-c2ccc(F)nc2C)c1C.CCn1nnc(-c2ccc(N3CCc4cccc(C(=O)NC)c4C3)nc2C)c1C.CCn1nnc(C)c1C.CNC(=O)c1cccc2c1CNCC2.Cc1nc(F)ccc1Br. The molecule has 25 heteroatoms. The van der Waals surface area contributed by atoms with Gasteiger partial charge in [0.25, 0.3) is 11.8 Å². The first-order valence-electron chi connectivity index (χ1n) is 38.2. The third-order valence-corrected chi connectivity index (χ3v) is 31.3. The zero-order valence-electron chi connectivity index (χ0n) is 69.0. The van der Waals surface area contributed by atoms with Crippen molar-refractivity contribution in [3.63, 3.8) is 0 Å². The minimum Gasteiger partial charge on any atom is -0.355 e. The van der Waals surface area contributed by atoms with Gasteiger partial charge in [0.2, 0.25) is 11.9 Å². The smallest absolute Gasteiger partial charge is 0.251 e. The summed E-state index contributed by atoms with van der Waals surface area (Å²) >= 11 is 1.18. The van der Waals surface area contributed by atoms with Crippen LogP contribution in [0.5, 0.6) is 0 Å². The van der Waals surface area contributed by atoms with Gasteiger partial charge < -0.3 is 20.9 Å². The van der Waals surface area contributed by atoms with E-state index in [0.717, 1.165) is 136 Å². The maximum absolute atomic E-state index is 12.9. The molecule has 0 fully saturated rings. The predicted octanol–water partition coefficient (Wildman–Crippen LogP) is 21.0. The number of pyridine rings is 3. The number of hydrogen-bond acceptors (Lipinski definition) is 14. The van der Waals surface area contributed by atoms with Crippen molar-refractivity contribution >= 4 is 51.9 Å². The first-order chi connectivity index (χ1) is 51.1. The van der Waals surface area contributed by atoms with Crippen LogP contribution < -0.4 is 20.9 Å². The van der Waals surface area contributed by atoms with Crippen LogP contribution >= 0.6 is 15.9 Å². The van der Waals surface area contributed by atoms with Gasteiger partial charge in [-0.2, -0.15) is 8.78 Å². The van der Waals surface area contributed by atoms with Crippen LogP contribution in [0.25, 0.3) is 33.0 Å². The number of benzene rings is 2. The van der Waals surface area contributed by atoms with Gasteiger partial charge in [-0.1, -0.05) is 122 Å². The molecule has 6 aromatic heterocycles. The molecule has 0 saturated heterocycles. The van der Waals surface area contributed by atoms with Gasteiger partial charge in [0.05, 0.1) is 34.2 Å². The van der Waals surface area contributed by atoms with E-state index in [1.54, 1.807) is 51.7 Å². The van der Waals surface area contributed by atoms with E-state index in [2.05, 4.69) is 157 Å². The van der Waals surface area contributed by atoms with Gasteiger partial charge in [-0.15, -0.1) is 15.3 Å². The number of nitrogens with zero attached hydrogens (tertiary/aromatic N) is 16. The maximum Gasteiger partial charge on any atom is 0.251 e. The molecule has 21 nitrogen and oxygen atoms in total. The number of aryl methyl sites for hydroxylation is 7. The zero-order valence-corrected chi connectivity index (χ0v) is 73.4. The Morgan fingerprint density at radius 2 is 1.02 bits per heavy atom. The first kappa shape index (κ1) is 104. The van der Waals surface area contributed by atoms with E-state index in [-0.39, 0.29) is 26.7 Å². The number of hydrogen-bond donors (Lipinski definition) is 3. The van der Waals surface area contributed by atoms with E-state index in [1.807, 2.05) is 137 Å². The second-order valence-electron chi connectivity index (χ2n) is 23.7. The molecule has 0 aliphatic carbocycles. The summed E-state index contributed by atoms with van der Waals surface area (Å²) in [6.07, 6.45) is 10.2. The molecule has 2 aliphatic heterocycles. The minimum atomic E-state index is -2.02. The van der Waals surface area contributed by atoms with E-state index >= 15 is 0 Å². The zero-order chi connectivity index (χ0) is 80.3. The number of nitrogens with one attached hydrogen (secondary N) is 3. The topological polar surface area (TPSA) is 253 Å². The van der Waals surface area contributed by atoms with Gasteiger partial charge in [0, 0.05) is 97.2 Å². The fourth-order valence-electron chi connectivity index (χ4n) is 11.3. The van der Waals surface area contributed by atoms with Gasteiger partial charge in [-0.05, 0) is 181 Å². The van der Waals surface area contributed by atoms with E-state index in [1.165, 1.54) is 75.1 Å². The fourth-order valence-corrected chi connectivity index (χ4v) is 25.0. The van der Waals surface area contributed by atoms with E-state index < -0.39 is 30.3 Å². The molecule has 0 saturated carbocycles. The van der Waals surface area contributed by atoms with E-state index in [9.17, 15) is 18.4 Å². The number of azide groups is 1. The Balaban J connectivity index is -0.00000123. The fraction of sp³-hybridized carbons (Fsp3) is 0.554. The summed E-state index contributed by atoms with van der Waals surface area (Å²) in [5, 5.41) is 36.3. The summed E-state index contributed by atoms with van der Waals surface area (Å²) in [6, 6.07) is 22.0. The molecular weight excluding hydrogens is 1530 g/mol. The average Bonchev–Trinajstić information content (AvgIpc) is 0.972. The molecular formula is C83H136BrF2N19O2Sn. The molecule has 0 spiro atoms. The summed E-state index contributed by atoms with van der Waals surface area (Å²) in [5.41, 5.74) is 23.8. The summed E-state index contributed by atoms with van der Waals surface area (Å²) < 4.78 is 39.8. The van der Waals surface area contributed by atoms with Crippen LogP contribution in [0.15, 0.2) is 82.4 Å². The van der Waals surface area contributed by atoms with Crippen LogP contribution in [0, 0.1) is 70.2 Å². The molecule has 10 rings (SSSR count). The van der Waals surface area contributed by atoms with Crippen LogP contribution in [0.1, 0.15) is 247 Å². The van der Waals surface area contributed by atoms with Gasteiger partial charge in [-0.25, -0.2) is 29.0 Å². The third kappa shape index (κ3) is 33.9. The standard InChI is InChI=1S/C22H26N6O.C11H13FN4.C11H14N2O.C6H5BrFN.C6H11N3.3C4H9.C3H3.C2H5N3.4C2H6.2CH4.Sn/c1-5-28-15(3)21(25-26-28)17-9-10-20(24-14(17)2)27-12-11-16-7-6-8-18(19(16)13-27)22(29)23-4;1-4-16-8(3)11(14-15-16)9-5-6-10(12)13-7(9)2;1-12-11(14)9-4-2-3-8-5-6-13-7-10(8)9;1-4-5(7)2-3-6(8)9-4;1-4-9-6(3)5(2)7-8-9;3*1-3-4-2;1-3-2;1-2-4-5-3;4*1-2;;;/h6-10H,5,11-13H2,1-4H3,(H,23,29);5-6H,4H2,1-3H3;2-4,13H,5-7H2,1H3,(H,12,14);2-3H,1H3;4H2,1-3H3;3*1,3-4H2,2H3;1H3;2H2,1H3;4*1-2H3;2*1H4;. The van der Waals surface area contributed by atoms with E-state index in [4.69, 9.17) is 10.5 Å². The molecule has 8 aromatic rings. The Morgan fingerprint density at radius 1 is 0.583 bits per heavy atom. The molecule has 8 heterocycles. The van der Waals surface area contributed by atoms with Crippen LogP contribution in [0.4, 0.5) is 14.6 Å². The van der Waals surface area contributed by atoms with Crippen molar-refractivity contribution in [3.05, 3.63) is 173 Å². The molecule has 108 heavy (non-hydrogen) atoms. The summed E-state index contributed by atoms with van der Waals surface area (Å²) in [4.78, 5) is 40.8. The van der Waals surface area contributed by atoms with Crippen LogP contribution in [-0.2, 0) is 45.6 Å². The Kier molecular flexibility index (Phi) is 57.8. The Labute approximate surface area is 662 Å². The van der Waals surface area contributed by atoms with Crippen molar-refractivity contribution in [1.29, 1.82) is 0 Å². The van der Waals surface area contributed by atoms with E-state index in [0.29, 0.717) is 24.5 Å². The van der Waals surface area contributed by atoms with Crippen molar-refractivity contribution < 1.29 is 18.4 Å². The molecule has 0 radical (unpaired) electrons. The van der Waals surface area contributed by atoms with Crippen molar-refractivity contribution in [2.45, 2.75) is 271 Å². The summed E-state index contributed by atoms with van der Waals surface area (Å²) in [7, 11) is 3.33. The Hall–Kier alpha value is -7.98. The number of rotatable bonds is 18. The molecule has 3 N–H and O–H groups in total. The van der Waals surface area contributed by atoms with Crippen molar-refractivity contribution in [1.82, 2.24) is 75.9 Å². The number of fused-ring (bicyclic) bond motifs is 2. The van der Waals surface area contributed by atoms with Gasteiger partial charge >= 0.3 is 108 Å². The van der Waals surface area contributed by atoms with Crippen LogP contribution in [0.3, 0.4) is 0 Å². The summed E-state index contributed by atoms with van der Waals surface area (Å²) in [5.74, 6) is 3.26. The van der Waals surface area contributed by atoms with Crippen LogP contribution in [-0.4, -0.2) is 124 Å². The van der Waals surface area contributed by atoms with Gasteiger partial charge in [0.1, 0.15) is 17.2 Å². The van der Waals surface area contributed by atoms with Crippen molar-refractivity contribution in [2.24, 2.45) is 5.11 Å². The monoisotopic (exact) mass is 1670 g/mol. The molecule has 0 atom stereocenters. The number of unbranched alkanes of at least 4 members (excludes halogenated alkanes) is 3. The van der Waals surface area contributed by atoms with Crippen molar-refractivity contribution in [2.75, 3.05) is 38.6 Å². The van der Waals surface area contributed by atoms with Crippen LogP contribution in [0.2, 0.25) is 13.3 Å². The maximum atomic E-state index is 12.9. The van der Waals surface area contributed by atoms with Gasteiger partial charge in [-0.3, -0.25) is 9.59 Å². The number of carbonyl (C=O) groups excluding carboxylic acids is 2. The minimum absolute atomic E-state index is 0. The number of amides is 2. The second-order valence-corrected chi connectivity index (χ2v) is 36.8. The number of halogens is 3. The molecule has 0 unspecified atom stereocenters. The molecule has 0 bridgehead atoms. The van der Waals surface area contributed by atoms with Gasteiger partial charge in [0.15, 0.2) is 0 Å². The second kappa shape index (κ2) is 59.9. The third-order valence-electron chi connectivity index (χ3n) is 17.0. The quantitative estimate of drug-likeness (QED) is 0.0181. The predicted molar refractivity (Wildman–Crippen MR) is 455 cm³/mol. The number of aromatic nitrogens is 12. The number of anilines is 1. The Bertz CT molecular complexity index is 3910. The Morgan fingerprint density at radius 3 is 1.39 bits per heavy atom. The largest absolute Gasteiger partial charge is 0.355 e. The molecule has 2 amide bonds. The molecule has 600 valence electrons. The molecule has 2 aliphatic rings. The average molecular weight is 1670 g/mol. The summed E-state index contributed by atoms with van der Waals surface area (Å²) in [6.45, 7) is 52.8. The first-order valence-corrected chi connectivity index (χ1v) is 46.5.